The van der Waals surface area contributed by atoms with Crippen LogP contribution in [0.15, 0.2) is 109 Å². The van der Waals surface area contributed by atoms with E-state index in [1.165, 1.54) is 56.2 Å². The maximum Gasteiger partial charge on any atom is 0.377 e. The zero-order valence-corrected chi connectivity index (χ0v) is 88.5. The van der Waals surface area contributed by atoms with Gasteiger partial charge in [-0.25, -0.2) is 9.59 Å². The fraction of sp³-hybridized carbons (Fsp3) is 0.596. The summed E-state index contributed by atoms with van der Waals surface area (Å²) in [5, 5.41) is 0. The van der Waals surface area contributed by atoms with Crippen LogP contribution in [0.2, 0.25) is 0 Å². The molecule has 128 heavy (non-hydrogen) atoms. The number of carbonyl (C=O) groups is 2. The Hall–Kier alpha value is -2.99. The lowest BCUT2D eigenvalue weighted by atomic mass is 9.51. The minimum Gasteiger partial charge on any atom is -1.00 e. The monoisotopic (exact) mass is 2510 g/mol. The zero-order chi connectivity index (χ0) is 93.8. The van der Waals surface area contributed by atoms with Crippen LogP contribution < -0.4 is 78.7 Å². The topological polar surface area (TPSA) is 149 Å². The highest BCUT2D eigenvalue weighted by molar-refractivity contribution is 14.1. The third kappa shape index (κ3) is 26.9. The first kappa shape index (κ1) is 109. The van der Waals surface area contributed by atoms with Gasteiger partial charge in [0, 0.05) is 61.9 Å². The van der Waals surface area contributed by atoms with Crippen molar-refractivity contribution in [2.45, 2.75) is 264 Å². The number of rotatable bonds is 23. The van der Waals surface area contributed by atoms with Crippen LogP contribution in [0.3, 0.4) is 0 Å². The SMILES string of the molecule is CC(F)(F)C(=O)OC12CC3CC(C1)C1(OCC(F)(F)C(F)(F)CO1)C(C3)C2.CC(F)(F)C(=O)OC12CC3CC(C1)C1(OCC(F)(F)C(F)(F)CO1)C(C3)C2.CCOC(C)Oc1cc(I)c(Oc2ccc([I+]c3ccc(C(C)(C)C)cc3)c(C)c2)cc1I.CCOC(C)Oc1cc(I)c(Oc2ccc([I+]c3ccc(C(C)(C)C)cc3)c(C)c2)cc1I.CC[NH+](CC)CC.[Cl-]. The quantitative estimate of drug-likeness (QED) is 0.0281. The molecule has 6 atom stereocenters. The van der Waals surface area contributed by atoms with E-state index < -0.39 is 120 Å². The summed E-state index contributed by atoms with van der Waals surface area (Å²) in [5.74, 6) is -28.6. The second-order valence-electron chi connectivity index (χ2n) is 36.3. The number of ether oxygens (including phenoxy) is 12. The van der Waals surface area contributed by atoms with Crippen LogP contribution >= 0.6 is 90.4 Å². The zero-order valence-electron chi connectivity index (χ0n) is 74.8. The molecule has 2 heterocycles. The van der Waals surface area contributed by atoms with Gasteiger partial charge in [-0.05, 0) is 336 Å². The van der Waals surface area contributed by atoms with Crippen molar-refractivity contribution >= 4 is 102 Å². The summed E-state index contributed by atoms with van der Waals surface area (Å²) in [5.41, 5.74) is 3.38. The van der Waals surface area contributed by atoms with E-state index in [-0.39, 0.29) is 116 Å². The van der Waals surface area contributed by atoms with Crippen molar-refractivity contribution < 1.29 is 179 Å². The van der Waals surface area contributed by atoms with Crippen LogP contribution in [-0.2, 0) is 58.3 Å². The van der Waals surface area contributed by atoms with Crippen LogP contribution in [0, 0.1) is 77.9 Å². The largest absolute Gasteiger partial charge is 1.00 e. The number of halogens is 19. The van der Waals surface area contributed by atoms with Gasteiger partial charge in [-0.15, -0.1) is 0 Å². The molecule has 8 aliphatic carbocycles. The van der Waals surface area contributed by atoms with Crippen molar-refractivity contribution in [3.63, 3.8) is 0 Å². The smallest absolute Gasteiger partial charge is 0.377 e. The minimum absolute atomic E-state index is 0. The van der Waals surface area contributed by atoms with Gasteiger partial charge in [0.25, 0.3) is 0 Å². The predicted molar refractivity (Wildman–Crippen MR) is 482 cm³/mol. The van der Waals surface area contributed by atoms with E-state index in [9.17, 15) is 62.3 Å². The molecule has 0 amide bonds. The van der Waals surface area contributed by atoms with Crippen molar-refractivity contribution in [3.8, 4) is 34.5 Å². The molecule has 2 saturated heterocycles. The van der Waals surface area contributed by atoms with Crippen molar-refractivity contribution in [1.29, 1.82) is 0 Å². The lowest BCUT2D eigenvalue weighted by molar-refractivity contribution is -0.894. The summed E-state index contributed by atoms with van der Waals surface area (Å²) in [6.07, 6.45) is 2.36. The minimum atomic E-state index is -4.36. The molecule has 16 rings (SSSR count). The lowest BCUT2D eigenvalue weighted by Gasteiger charge is -2.63. The van der Waals surface area contributed by atoms with Crippen molar-refractivity contribution in [2.24, 2.45) is 35.5 Å². The molecule has 712 valence electrons. The average molecular weight is 2510 g/mol. The summed E-state index contributed by atoms with van der Waals surface area (Å²) in [6, 6.07) is 39.2. The van der Waals surface area contributed by atoms with Crippen LogP contribution in [0.5, 0.6) is 34.5 Å². The number of nitrogens with one attached hydrogen (secondary N) is 1. The van der Waals surface area contributed by atoms with Crippen molar-refractivity contribution in [1.82, 2.24) is 0 Å². The van der Waals surface area contributed by atoms with Crippen LogP contribution in [-0.4, -0.2) is 142 Å². The second-order valence-corrected chi connectivity index (χ2v) is 46.8. The van der Waals surface area contributed by atoms with E-state index in [4.69, 9.17) is 56.8 Å². The fourth-order valence-electron chi connectivity index (χ4n) is 17.9. The van der Waals surface area contributed by atoms with Gasteiger partial charge < -0.3 is 74.1 Å². The molecule has 2 spiro atoms. The molecular formula is C94H116ClF12I6NO14+2. The molecule has 6 unspecified atom stereocenters. The molecule has 6 aromatic rings. The molecule has 6 aromatic carbocycles. The van der Waals surface area contributed by atoms with Gasteiger partial charge in [-0.2, -0.15) is 52.7 Å². The van der Waals surface area contributed by atoms with E-state index in [0.717, 1.165) is 48.8 Å². The Morgan fingerprint density at radius 2 is 0.719 bits per heavy atom. The highest BCUT2D eigenvalue weighted by Gasteiger charge is 2.72. The molecular weight excluding hydrogens is 2390 g/mol. The van der Waals surface area contributed by atoms with E-state index in [1.54, 1.807) is 4.90 Å². The van der Waals surface area contributed by atoms with Crippen LogP contribution in [0.25, 0.3) is 0 Å². The predicted octanol–water partition coefficient (Wildman–Crippen LogP) is 14.9. The molecule has 1 N–H and O–H groups in total. The normalized spacial score (nSPS) is 24.5. The number of hydrogen-bond acceptors (Lipinski definition) is 14. The fourth-order valence-corrected chi connectivity index (χ4v) is 24.8. The van der Waals surface area contributed by atoms with Gasteiger partial charge in [0.15, 0.2) is 38.4 Å². The maximum absolute atomic E-state index is 13.7. The Labute approximate surface area is 825 Å². The first-order chi connectivity index (χ1) is 59.0. The number of alkyl halides is 12. The second kappa shape index (κ2) is 43.8. The molecule has 10 aliphatic rings. The van der Waals surface area contributed by atoms with Gasteiger partial charge in [-0.3, -0.25) is 0 Å². The Bertz CT molecular complexity index is 4380. The van der Waals surface area contributed by atoms with Crippen molar-refractivity contribution in [3.05, 3.63) is 160 Å². The summed E-state index contributed by atoms with van der Waals surface area (Å²) in [7, 11) is 0. The van der Waals surface area contributed by atoms with Crippen LogP contribution in [0.4, 0.5) is 52.7 Å². The summed E-state index contributed by atoms with van der Waals surface area (Å²) < 4.78 is 239. The van der Waals surface area contributed by atoms with Gasteiger partial charge in [0.1, 0.15) is 72.1 Å². The average Bonchev–Trinajstić information content (AvgIpc) is 1.04. The molecule has 0 aromatic heterocycles. The molecule has 10 fully saturated rings. The van der Waals surface area contributed by atoms with E-state index in [1.807, 2.05) is 52.0 Å². The standard InChI is InChI=1S/2C27H30I3O3.2C17H20F6O4.C6H15N.ClH/c2*1-7-31-18(3)32-25-15-23(29)26(16-22(25)28)33-21-12-13-24(17(2)14-21)30-20-10-8-19(9-11-20)27(4,5)6;2*1-13(18,19)12(24)27-14-4-9-2-10(5-14)17(11(3-9)6-14)25-7-15(20,21)16(22,23)8-26-17;1-4-7(5-2)6-3;/h2*8-16,18H,7H2,1-6H3;2*9-11H,2-8H2,1H3;4-6H2,1-3H3;1H/q2*+1;;;;. The molecule has 8 bridgehead atoms. The highest BCUT2D eigenvalue weighted by Crippen LogP contribution is 2.66. The van der Waals surface area contributed by atoms with E-state index >= 15 is 0 Å². The number of aryl methyl sites for hydroxylation is 2. The number of quaternary nitrogens is 1. The molecule has 2 aliphatic heterocycles. The van der Waals surface area contributed by atoms with Crippen LogP contribution in [0.1, 0.15) is 190 Å². The van der Waals surface area contributed by atoms with Crippen molar-refractivity contribution in [2.75, 3.05) is 59.3 Å². The first-order valence-corrected chi connectivity index (χ1v) is 51.4. The van der Waals surface area contributed by atoms with E-state index in [0.29, 0.717) is 65.6 Å². The Kier molecular flexibility index (Phi) is 37.2. The molecule has 34 heteroatoms. The molecule has 0 radical (unpaired) electrons. The third-order valence-corrected chi connectivity index (χ3v) is 33.9. The number of esters is 2. The third-order valence-electron chi connectivity index (χ3n) is 24.3. The highest BCUT2D eigenvalue weighted by atomic mass is 127. The first-order valence-electron chi connectivity index (χ1n) is 42.8. The summed E-state index contributed by atoms with van der Waals surface area (Å²) >= 11 is 8.68. The molecule has 15 nitrogen and oxygen atoms in total. The number of carbonyl (C=O) groups excluding carboxylic acids is 2. The summed E-state index contributed by atoms with van der Waals surface area (Å²) in [6.45, 7) is 32.3. The Morgan fingerprint density at radius 1 is 0.438 bits per heavy atom. The Balaban J connectivity index is 0.000000188. The van der Waals surface area contributed by atoms with Gasteiger partial charge in [0.2, 0.25) is 0 Å². The molecule has 8 saturated carbocycles. The van der Waals surface area contributed by atoms with Gasteiger partial charge in [-0.1, -0.05) is 65.8 Å². The van der Waals surface area contributed by atoms with Gasteiger partial charge in [0.05, 0.1) is 33.9 Å². The maximum atomic E-state index is 13.7. The Morgan fingerprint density at radius 3 is 0.969 bits per heavy atom. The summed E-state index contributed by atoms with van der Waals surface area (Å²) in [4.78, 5) is 25.1. The lowest BCUT2D eigenvalue weighted by Crippen LogP contribution is -3.61. The van der Waals surface area contributed by atoms with E-state index in [2.05, 4.69) is 251 Å². The number of hydrogen-bond donors (Lipinski definition) is 1. The van der Waals surface area contributed by atoms with Gasteiger partial charge >= 0.3 is 89.9 Å². The number of benzene rings is 6.